The van der Waals surface area contributed by atoms with Crippen molar-refractivity contribution >= 4 is 11.8 Å². The second-order valence-electron chi connectivity index (χ2n) is 9.62. The van der Waals surface area contributed by atoms with E-state index in [2.05, 4.69) is 15.6 Å². The fraction of sp³-hybridized carbons (Fsp3) is 0.522. The van der Waals surface area contributed by atoms with Gasteiger partial charge in [-0.05, 0) is 37.9 Å². The van der Waals surface area contributed by atoms with Crippen LogP contribution in [0.3, 0.4) is 0 Å². The van der Waals surface area contributed by atoms with Gasteiger partial charge in [0.2, 0.25) is 5.91 Å². The average Bonchev–Trinajstić information content (AvgIpc) is 2.94. The van der Waals surface area contributed by atoms with Crippen LogP contribution in [0.5, 0.6) is 0 Å². The van der Waals surface area contributed by atoms with Crippen LogP contribution in [0.25, 0.3) is 11.4 Å². The van der Waals surface area contributed by atoms with Crippen LogP contribution in [0, 0.1) is 22.9 Å². The molecule has 0 saturated heterocycles. The van der Waals surface area contributed by atoms with Crippen molar-refractivity contribution in [2.75, 3.05) is 20.6 Å². The number of rotatable bonds is 5. The highest BCUT2D eigenvalue weighted by Gasteiger charge is 2.31. The molecule has 3 rings (SSSR count). The first-order valence-corrected chi connectivity index (χ1v) is 10.9. The number of aromatic nitrogens is 2. The zero-order valence-electron chi connectivity index (χ0n) is 19.6. The molecule has 1 aromatic carbocycles. The van der Waals surface area contributed by atoms with E-state index in [9.17, 15) is 22.8 Å². The van der Waals surface area contributed by atoms with Gasteiger partial charge >= 0.3 is 0 Å². The van der Waals surface area contributed by atoms with Gasteiger partial charge in [-0.3, -0.25) is 9.59 Å². The number of likely N-dealkylation sites (N-methyl/N-ethyl adjacent to an activating group) is 1. The minimum absolute atomic E-state index is 0.0331. The largest absolute Gasteiger partial charge is 0.357 e. The van der Waals surface area contributed by atoms with Crippen LogP contribution < -0.4 is 10.6 Å². The fourth-order valence-electron chi connectivity index (χ4n) is 4.02. The summed E-state index contributed by atoms with van der Waals surface area (Å²) in [6, 6.07) is 0.426. The Kier molecular flexibility index (Phi) is 7.16. The van der Waals surface area contributed by atoms with E-state index in [1.165, 1.54) is 7.05 Å². The van der Waals surface area contributed by atoms with Gasteiger partial charge in [0, 0.05) is 26.2 Å². The molecule has 180 valence electrons. The first-order chi connectivity index (χ1) is 15.4. The van der Waals surface area contributed by atoms with Crippen LogP contribution in [-0.4, -0.2) is 52.9 Å². The highest BCUT2D eigenvalue weighted by atomic mass is 19.2. The minimum atomic E-state index is -1.30. The maximum atomic E-state index is 14.6. The van der Waals surface area contributed by atoms with Gasteiger partial charge in [-0.1, -0.05) is 20.8 Å². The van der Waals surface area contributed by atoms with Gasteiger partial charge in [-0.2, -0.15) is 0 Å². The normalized spacial score (nSPS) is 15.5. The van der Waals surface area contributed by atoms with Crippen LogP contribution in [0.1, 0.15) is 49.8 Å². The van der Waals surface area contributed by atoms with Crippen LogP contribution in [-0.2, 0) is 17.9 Å². The van der Waals surface area contributed by atoms with Crippen LogP contribution in [0.2, 0.25) is 0 Å². The Labute approximate surface area is 191 Å². The molecule has 0 fully saturated rings. The summed E-state index contributed by atoms with van der Waals surface area (Å²) in [6.45, 7) is 7.37. The number of amides is 2. The number of fused-ring (bicyclic) bond motifs is 1. The van der Waals surface area contributed by atoms with Crippen molar-refractivity contribution in [2.24, 2.45) is 5.41 Å². The lowest BCUT2D eigenvalue weighted by Crippen LogP contribution is -2.47. The summed E-state index contributed by atoms with van der Waals surface area (Å²) in [4.78, 5) is 32.1. The Morgan fingerprint density at radius 1 is 1.12 bits per heavy atom. The van der Waals surface area contributed by atoms with Crippen molar-refractivity contribution in [3.05, 3.63) is 41.0 Å². The maximum absolute atomic E-state index is 14.6. The SMILES string of the molecule is CNC(=O)[C@H](CC(C)(C)C)NC(=O)c1nc(-c2cc(F)c(F)cc2F)n2c1CN(C)CCC2. The number of carbonyl (C=O) groups is 2. The molecule has 10 heteroatoms. The summed E-state index contributed by atoms with van der Waals surface area (Å²) in [5, 5.41) is 5.31. The molecule has 0 radical (unpaired) electrons. The number of hydrogen-bond acceptors (Lipinski definition) is 4. The third-order valence-corrected chi connectivity index (χ3v) is 5.56. The summed E-state index contributed by atoms with van der Waals surface area (Å²) in [6.07, 6.45) is 1.09. The molecule has 1 aliphatic heterocycles. The van der Waals surface area contributed by atoms with E-state index in [1.54, 1.807) is 4.57 Å². The van der Waals surface area contributed by atoms with Crippen molar-refractivity contribution in [3.63, 3.8) is 0 Å². The Morgan fingerprint density at radius 3 is 2.42 bits per heavy atom. The molecule has 2 aromatic rings. The molecule has 0 bridgehead atoms. The molecular formula is C23H30F3N5O2. The molecule has 0 unspecified atom stereocenters. The first-order valence-electron chi connectivity index (χ1n) is 10.9. The molecule has 33 heavy (non-hydrogen) atoms. The van der Waals surface area contributed by atoms with E-state index in [0.29, 0.717) is 37.7 Å². The summed E-state index contributed by atoms with van der Waals surface area (Å²) < 4.78 is 43.7. The van der Waals surface area contributed by atoms with Gasteiger partial charge in [-0.25, -0.2) is 18.2 Å². The van der Waals surface area contributed by atoms with E-state index >= 15 is 0 Å². The van der Waals surface area contributed by atoms with Crippen LogP contribution in [0.15, 0.2) is 12.1 Å². The summed E-state index contributed by atoms with van der Waals surface area (Å²) in [5.41, 5.74) is 0.0930. The van der Waals surface area contributed by atoms with Gasteiger partial charge in [0.15, 0.2) is 17.3 Å². The second kappa shape index (κ2) is 9.54. The summed E-state index contributed by atoms with van der Waals surface area (Å²) >= 11 is 0. The second-order valence-corrected chi connectivity index (χ2v) is 9.62. The van der Waals surface area contributed by atoms with Gasteiger partial charge in [-0.15, -0.1) is 0 Å². The highest BCUT2D eigenvalue weighted by Crippen LogP contribution is 2.30. The third-order valence-electron chi connectivity index (χ3n) is 5.56. The van der Waals surface area contributed by atoms with Crippen molar-refractivity contribution in [2.45, 2.75) is 52.7 Å². The lowest BCUT2D eigenvalue weighted by molar-refractivity contribution is -0.123. The molecule has 1 aromatic heterocycles. The molecule has 1 aliphatic rings. The third kappa shape index (κ3) is 5.55. The average molecular weight is 466 g/mol. The minimum Gasteiger partial charge on any atom is -0.357 e. The predicted octanol–water partition coefficient (Wildman–Crippen LogP) is 3.08. The van der Waals surface area contributed by atoms with Gasteiger partial charge in [0.1, 0.15) is 17.7 Å². The standard InChI is InChI=1S/C23H30F3N5O2/c1-23(2,3)11-17(21(32)27-4)28-22(33)19-18-12-30(5)7-6-8-31(18)20(29-19)13-9-15(25)16(26)10-14(13)24/h9-10,17H,6-8,11-12H2,1-5H3,(H,27,32)(H,28,33)/t17-/m0/s1. The highest BCUT2D eigenvalue weighted by molar-refractivity contribution is 5.97. The van der Waals surface area contributed by atoms with E-state index in [1.807, 2.05) is 32.7 Å². The quantitative estimate of drug-likeness (QED) is 0.666. The Hall–Kier alpha value is -2.88. The van der Waals surface area contributed by atoms with Crippen LogP contribution in [0.4, 0.5) is 13.2 Å². The zero-order chi connectivity index (χ0) is 24.5. The van der Waals surface area contributed by atoms with Crippen molar-refractivity contribution in [1.29, 1.82) is 0 Å². The van der Waals surface area contributed by atoms with E-state index in [4.69, 9.17) is 0 Å². The van der Waals surface area contributed by atoms with Crippen LogP contribution >= 0.6 is 0 Å². The lowest BCUT2D eigenvalue weighted by atomic mass is 9.87. The summed E-state index contributed by atoms with van der Waals surface area (Å²) in [7, 11) is 3.38. The predicted molar refractivity (Wildman–Crippen MR) is 118 cm³/mol. The number of carbonyl (C=O) groups excluding carboxylic acids is 2. The lowest BCUT2D eigenvalue weighted by Gasteiger charge is -2.25. The first kappa shape index (κ1) is 24.8. The van der Waals surface area contributed by atoms with E-state index in [-0.39, 0.29) is 28.4 Å². The van der Waals surface area contributed by atoms with Crippen molar-refractivity contribution in [3.8, 4) is 11.4 Å². The number of imidazole rings is 1. The Balaban J connectivity index is 2.07. The number of nitrogens with one attached hydrogen (secondary N) is 2. The molecule has 2 heterocycles. The van der Waals surface area contributed by atoms with Gasteiger partial charge in [0.05, 0.1) is 11.3 Å². The molecule has 0 saturated carbocycles. The van der Waals surface area contributed by atoms with E-state index < -0.39 is 29.4 Å². The zero-order valence-corrected chi connectivity index (χ0v) is 19.6. The Bertz CT molecular complexity index is 1060. The smallest absolute Gasteiger partial charge is 0.272 e. The van der Waals surface area contributed by atoms with Gasteiger partial charge in [0.25, 0.3) is 5.91 Å². The maximum Gasteiger partial charge on any atom is 0.272 e. The van der Waals surface area contributed by atoms with Gasteiger partial charge < -0.3 is 20.1 Å². The molecule has 1 atom stereocenters. The summed E-state index contributed by atoms with van der Waals surface area (Å²) in [5.74, 6) is -4.34. The molecule has 7 nitrogen and oxygen atoms in total. The monoisotopic (exact) mass is 465 g/mol. The number of benzene rings is 1. The number of hydrogen-bond donors (Lipinski definition) is 2. The topological polar surface area (TPSA) is 79.3 Å². The number of halogens is 3. The van der Waals surface area contributed by atoms with E-state index in [0.717, 1.165) is 12.6 Å². The molecule has 0 aliphatic carbocycles. The number of nitrogens with zero attached hydrogens (tertiary/aromatic N) is 3. The molecule has 2 N–H and O–H groups in total. The molecule has 0 spiro atoms. The molecular weight excluding hydrogens is 435 g/mol. The Morgan fingerprint density at radius 2 is 1.79 bits per heavy atom. The van der Waals surface area contributed by atoms with Crippen molar-refractivity contribution in [1.82, 2.24) is 25.1 Å². The fourth-order valence-corrected chi connectivity index (χ4v) is 4.02. The van der Waals surface area contributed by atoms with Crippen molar-refractivity contribution < 1.29 is 22.8 Å². The molecule has 2 amide bonds.